The first kappa shape index (κ1) is 42.9. The lowest BCUT2D eigenvalue weighted by Crippen LogP contribution is -2.54. The number of unbranched alkanes of at least 4 members (excludes halogenated alkanes) is 5. The Morgan fingerprint density at radius 1 is 0.951 bits per heavy atom. The van der Waals surface area contributed by atoms with Crippen LogP contribution in [0.5, 0.6) is 5.75 Å². The number of likely N-dealkylation sites (tertiary alicyclic amines) is 2. The fraction of sp³-hybridized carbons (Fsp3) is 0.489. The summed E-state index contributed by atoms with van der Waals surface area (Å²) in [6, 6.07) is 10.3. The number of fused-ring (bicyclic) bond motifs is 1. The number of benzene rings is 2. The fourth-order valence-electron chi connectivity index (χ4n) is 9.13. The summed E-state index contributed by atoms with van der Waals surface area (Å²) in [6.45, 7) is 8.44. The lowest BCUT2D eigenvalue weighted by atomic mass is 10.0. The Morgan fingerprint density at radius 2 is 1.69 bits per heavy atom. The van der Waals surface area contributed by atoms with E-state index in [2.05, 4.69) is 36.3 Å². The number of anilines is 2. The SMILES string of the molecule is C[C@@H](Oc1cc(-c2cnn(C3CCN(CCCCCCCCN4CC(Nc5cccc6c5CN(C5CCC(=O)NC5=O)C6=O)C4)CC3)c2)cnc1N)c1c(Cl)ccc(F)c1Cl. The molecule has 8 rings (SSSR count). The first-order chi connectivity index (χ1) is 29.5. The summed E-state index contributed by atoms with van der Waals surface area (Å²) >= 11 is 12.5. The third-order valence-corrected chi connectivity index (χ3v) is 13.3. The van der Waals surface area contributed by atoms with E-state index in [0.29, 0.717) is 46.9 Å². The second kappa shape index (κ2) is 19.1. The van der Waals surface area contributed by atoms with Gasteiger partial charge in [0.25, 0.3) is 5.91 Å². The summed E-state index contributed by atoms with van der Waals surface area (Å²) in [6.07, 6.45) is 15.1. The average Bonchev–Trinajstić information content (AvgIpc) is 3.86. The van der Waals surface area contributed by atoms with Gasteiger partial charge in [-0.25, -0.2) is 9.37 Å². The molecule has 6 heterocycles. The fourth-order valence-corrected chi connectivity index (χ4v) is 9.81. The number of imide groups is 1. The van der Waals surface area contributed by atoms with Crippen LogP contribution < -0.4 is 21.1 Å². The summed E-state index contributed by atoms with van der Waals surface area (Å²) in [7, 11) is 0. The largest absolute Gasteiger partial charge is 0.482 e. The minimum absolute atomic E-state index is 0.0790. The van der Waals surface area contributed by atoms with E-state index in [1.54, 1.807) is 18.0 Å². The molecule has 4 aliphatic rings. The maximum absolute atomic E-state index is 14.2. The van der Waals surface area contributed by atoms with Gasteiger partial charge >= 0.3 is 0 Å². The maximum Gasteiger partial charge on any atom is 0.255 e. The highest BCUT2D eigenvalue weighted by atomic mass is 35.5. The van der Waals surface area contributed by atoms with Crippen molar-refractivity contribution in [2.45, 2.75) is 102 Å². The number of ether oxygens (including phenoxy) is 1. The predicted octanol–water partition coefficient (Wildman–Crippen LogP) is 7.65. The summed E-state index contributed by atoms with van der Waals surface area (Å²) in [5, 5.41) is 11.0. The van der Waals surface area contributed by atoms with Crippen molar-refractivity contribution in [3.05, 3.63) is 87.5 Å². The number of carbonyl (C=O) groups excluding carboxylic acids is 3. The second-order valence-corrected chi connectivity index (χ2v) is 17.6. The summed E-state index contributed by atoms with van der Waals surface area (Å²) in [5.41, 5.74) is 10.8. The minimum Gasteiger partial charge on any atom is -0.482 e. The molecular weight excluding hydrogens is 820 g/mol. The van der Waals surface area contributed by atoms with Gasteiger partial charge in [-0.2, -0.15) is 5.10 Å². The number of hydrogen-bond acceptors (Lipinski definition) is 10. The quantitative estimate of drug-likeness (QED) is 0.0549. The standard InChI is InChI=1S/C45H54Cl2FN9O4/c1-28(41-35(46)11-12-36(48)42(41)47)61-39-21-29(22-50-43(39)49)30-23-51-57(24-30)32-15-19-54(20-16-32)17-6-4-2-3-5-7-18-55-25-31(26-55)52-37-10-8-9-33-34(37)27-56(45(33)60)38-13-14-40(58)53-44(38)59/h8-12,21-24,28,31-32,38,52H,2-7,13-20,25-27H2,1H3,(H2,49,50)(H,53,58,59)/t28-,38?/m1/s1. The van der Waals surface area contributed by atoms with Crippen LogP contribution in [0.3, 0.4) is 0 Å². The monoisotopic (exact) mass is 873 g/mol. The zero-order valence-corrected chi connectivity index (χ0v) is 36.1. The van der Waals surface area contributed by atoms with E-state index < -0.39 is 18.0 Å². The van der Waals surface area contributed by atoms with Crippen molar-refractivity contribution >= 4 is 52.4 Å². The third-order valence-electron chi connectivity index (χ3n) is 12.6. The molecule has 0 aliphatic carbocycles. The summed E-state index contributed by atoms with van der Waals surface area (Å²) < 4.78 is 22.3. The normalized spacial score (nSPS) is 19.5. The predicted molar refractivity (Wildman–Crippen MR) is 234 cm³/mol. The molecule has 2 atom stereocenters. The first-order valence-corrected chi connectivity index (χ1v) is 22.4. The molecule has 324 valence electrons. The number of rotatable bonds is 17. The number of nitrogens with one attached hydrogen (secondary N) is 2. The molecule has 3 amide bonds. The van der Waals surface area contributed by atoms with Crippen LogP contribution in [0.1, 0.15) is 105 Å². The number of hydrogen-bond donors (Lipinski definition) is 3. The van der Waals surface area contributed by atoms with E-state index in [0.717, 1.165) is 74.5 Å². The topological polar surface area (TPSA) is 151 Å². The van der Waals surface area contributed by atoms with E-state index in [1.807, 2.05) is 30.5 Å². The first-order valence-electron chi connectivity index (χ1n) is 21.6. The molecule has 61 heavy (non-hydrogen) atoms. The van der Waals surface area contributed by atoms with Crippen LogP contribution in [0.15, 0.2) is 55.0 Å². The van der Waals surface area contributed by atoms with Gasteiger partial charge in [-0.1, -0.05) is 55.0 Å². The van der Waals surface area contributed by atoms with E-state index in [9.17, 15) is 18.8 Å². The van der Waals surface area contributed by atoms with E-state index in [1.165, 1.54) is 50.7 Å². The van der Waals surface area contributed by atoms with Gasteiger partial charge in [0.1, 0.15) is 18.0 Å². The highest BCUT2D eigenvalue weighted by molar-refractivity contribution is 6.36. The smallest absolute Gasteiger partial charge is 0.255 e. The third kappa shape index (κ3) is 9.83. The molecule has 4 aliphatic heterocycles. The van der Waals surface area contributed by atoms with Crippen molar-refractivity contribution in [3.63, 3.8) is 0 Å². The molecule has 3 fully saturated rings. The second-order valence-electron chi connectivity index (χ2n) is 16.9. The van der Waals surface area contributed by atoms with Crippen molar-refractivity contribution in [1.82, 2.24) is 34.8 Å². The highest BCUT2D eigenvalue weighted by Gasteiger charge is 2.40. The van der Waals surface area contributed by atoms with Crippen LogP contribution in [0.2, 0.25) is 10.0 Å². The number of pyridine rings is 1. The molecule has 4 N–H and O–H groups in total. The minimum atomic E-state index is -0.659. The number of nitrogens with zero attached hydrogens (tertiary/aromatic N) is 6. The zero-order chi connectivity index (χ0) is 42.6. The van der Waals surface area contributed by atoms with E-state index >= 15 is 0 Å². The number of piperidine rings is 2. The zero-order valence-electron chi connectivity index (χ0n) is 34.6. The van der Waals surface area contributed by atoms with Gasteiger partial charge in [0.2, 0.25) is 11.8 Å². The molecule has 1 unspecified atom stereocenters. The van der Waals surface area contributed by atoms with Crippen molar-refractivity contribution in [1.29, 1.82) is 0 Å². The lowest BCUT2D eigenvalue weighted by molar-refractivity contribution is -0.136. The van der Waals surface area contributed by atoms with Gasteiger partial charge in [-0.05, 0) is 82.4 Å². The molecule has 0 spiro atoms. The summed E-state index contributed by atoms with van der Waals surface area (Å²) in [5.74, 6) is -0.803. The van der Waals surface area contributed by atoms with Crippen LogP contribution >= 0.6 is 23.2 Å². The van der Waals surface area contributed by atoms with E-state index in [-0.39, 0.29) is 35.0 Å². The van der Waals surface area contributed by atoms with Crippen molar-refractivity contribution < 1.29 is 23.5 Å². The van der Waals surface area contributed by atoms with Crippen LogP contribution in [0.25, 0.3) is 11.1 Å². The Labute approximate surface area is 366 Å². The van der Waals surface area contributed by atoms with Crippen molar-refractivity contribution in [2.75, 3.05) is 50.3 Å². The number of nitrogen functional groups attached to an aromatic ring is 1. The molecule has 0 saturated carbocycles. The van der Waals surface area contributed by atoms with E-state index in [4.69, 9.17) is 38.8 Å². The number of amides is 3. The molecule has 4 aromatic rings. The molecule has 0 radical (unpaired) electrons. The molecule has 0 bridgehead atoms. The maximum atomic E-state index is 14.2. The Morgan fingerprint density at radius 3 is 2.44 bits per heavy atom. The summed E-state index contributed by atoms with van der Waals surface area (Å²) in [4.78, 5) is 48.3. The van der Waals surface area contributed by atoms with Crippen LogP contribution in [0.4, 0.5) is 15.9 Å². The lowest BCUT2D eigenvalue weighted by Gasteiger charge is -2.40. The highest BCUT2D eigenvalue weighted by Crippen LogP contribution is 2.38. The Bertz CT molecular complexity index is 2240. The Balaban J connectivity index is 0.688. The van der Waals surface area contributed by atoms with Gasteiger partial charge in [0, 0.05) is 90.1 Å². The number of carbonyl (C=O) groups is 3. The molecular formula is C45H54Cl2FN9O4. The molecule has 16 heteroatoms. The Kier molecular flexibility index (Phi) is 13.4. The van der Waals surface area contributed by atoms with Gasteiger partial charge in [-0.3, -0.25) is 29.3 Å². The number of aromatic nitrogens is 3. The van der Waals surface area contributed by atoms with Crippen molar-refractivity contribution in [3.8, 4) is 16.9 Å². The Hall–Kier alpha value is -4.76. The van der Waals surface area contributed by atoms with Gasteiger partial charge in [0.15, 0.2) is 11.6 Å². The van der Waals surface area contributed by atoms with Crippen LogP contribution in [-0.4, -0.2) is 98.5 Å². The number of halogens is 3. The van der Waals surface area contributed by atoms with Gasteiger partial charge < -0.3 is 25.6 Å². The number of nitrogens with two attached hydrogens (primary N) is 1. The van der Waals surface area contributed by atoms with Gasteiger partial charge in [0.05, 0.1) is 23.3 Å². The molecule has 2 aromatic heterocycles. The van der Waals surface area contributed by atoms with Crippen LogP contribution in [0, 0.1) is 5.82 Å². The average molecular weight is 875 g/mol. The molecule has 3 saturated heterocycles. The molecule has 2 aromatic carbocycles. The van der Waals surface area contributed by atoms with Crippen LogP contribution in [-0.2, 0) is 16.1 Å². The molecule has 13 nitrogen and oxygen atoms in total. The van der Waals surface area contributed by atoms with Gasteiger partial charge in [-0.15, -0.1) is 0 Å². The van der Waals surface area contributed by atoms with Crippen molar-refractivity contribution in [2.24, 2.45) is 0 Å².